The van der Waals surface area contributed by atoms with E-state index in [0.29, 0.717) is 17.1 Å². The van der Waals surface area contributed by atoms with Gasteiger partial charge in [0.25, 0.3) is 5.91 Å². The van der Waals surface area contributed by atoms with Gasteiger partial charge in [-0.25, -0.2) is 14.2 Å². The Bertz CT molecular complexity index is 1150. The number of aryl methyl sites for hydroxylation is 1. The number of nitrogens with one attached hydrogen (secondary N) is 1. The fourth-order valence-corrected chi connectivity index (χ4v) is 2.99. The van der Waals surface area contributed by atoms with E-state index in [-0.39, 0.29) is 18.2 Å². The van der Waals surface area contributed by atoms with E-state index in [2.05, 4.69) is 15.5 Å². The average molecular weight is 451 g/mol. The lowest BCUT2D eigenvalue weighted by Crippen LogP contribution is -2.24. The zero-order valence-corrected chi connectivity index (χ0v) is 17.3. The van der Waals surface area contributed by atoms with Crippen molar-refractivity contribution in [2.24, 2.45) is 0 Å². The lowest BCUT2D eigenvalue weighted by atomic mass is 10.2. The number of hydrogen-bond donors (Lipinski definition) is 2. The molecule has 0 aliphatic carbocycles. The molecule has 9 nitrogen and oxygen atoms in total. The van der Waals surface area contributed by atoms with Gasteiger partial charge in [-0.1, -0.05) is 6.07 Å². The number of carbonyl (C=O) groups excluding carboxylic acids is 1. The number of amides is 1. The molecule has 0 radical (unpaired) electrons. The highest BCUT2D eigenvalue weighted by Crippen LogP contribution is 2.31. The van der Waals surface area contributed by atoms with Crippen LogP contribution in [0.4, 0.5) is 18.9 Å². The van der Waals surface area contributed by atoms with E-state index in [4.69, 9.17) is 4.74 Å². The number of alkyl halides is 3. The number of aromatic nitrogens is 4. The maximum atomic E-state index is 12.9. The lowest BCUT2D eigenvalue weighted by molar-refractivity contribution is -0.140. The molecule has 1 atom stereocenters. The van der Waals surface area contributed by atoms with Gasteiger partial charge in [-0.15, -0.1) is 0 Å². The number of anilines is 1. The van der Waals surface area contributed by atoms with Crippen molar-refractivity contribution in [3.63, 3.8) is 0 Å². The van der Waals surface area contributed by atoms with E-state index in [9.17, 15) is 27.9 Å². The summed E-state index contributed by atoms with van der Waals surface area (Å²) in [4.78, 5) is 23.9. The van der Waals surface area contributed by atoms with Gasteiger partial charge in [0, 0.05) is 6.20 Å². The maximum absolute atomic E-state index is 12.9. The minimum absolute atomic E-state index is 0.0181. The normalized spacial score (nSPS) is 12.4. The molecule has 2 N–H and O–H groups in total. The molecule has 1 unspecified atom stereocenters. The van der Waals surface area contributed by atoms with Crippen LogP contribution in [0.15, 0.2) is 36.5 Å². The maximum Gasteiger partial charge on any atom is 0.416 e. The number of aliphatic carboxylic acids is 1. The lowest BCUT2D eigenvalue weighted by Gasteiger charge is -2.12. The number of halogens is 3. The molecule has 3 rings (SSSR count). The largest absolute Gasteiger partial charge is 0.480 e. The number of nitrogens with zero attached hydrogens (tertiary/aromatic N) is 4. The third kappa shape index (κ3) is 4.74. The van der Waals surface area contributed by atoms with Crippen LogP contribution < -0.4 is 10.1 Å². The smallest absolute Gasteiger partial charge is 0.416 e. The van der Waals surface area contributed by atoms with E-state index in [0.717, 1.165) is 16.8 Å². The van der Waals surface area contributed by atoms with Crippen LogP contribution in [-0.2, 0) is 17.7 Å². The predicted molar refractivity (Wildman–Crippen MR) is 106 cm³/mol. The molecule has 0 bridgehead atoms. The summed E-state index contributed by atoms with van der Waals surface area (Å²) in [6.07, 6.45) is -3.17. The molecule has 0 aliphatic heterocycles. The number of hydrogen-bond acceptors (Lipinski definition) is 5. The molecule has 0 spiro atoms. The van der Waals surface area contributed by atoms with Crippen LogP contribution in [0.1, 0.15) is 40.4 Å². The Hall–Kier alpha value is -3.83. The molecule has 0 saturated heterocycles. The van der Waals surface area contributed by atoms with Gasteiger partial charge in [0.05, 0.1) is 22.6 Å². The summed E-state index contributed by atoms with van der Waals surface area (Å²) in [5, 5.41) is 20.0. The molecule has 0 fully saturated rings. The monoisotopic (exact) mass is 451 g/mol. The standard InChI is InChI=1S/C20H20F3N5O4/c1-11-17(25-18(29)16-7-8-24-28(16)13(3)19(30)31)12(2)27(26-11)10-32-15-6-4-5-14(9-15)20(21,22)23/h4-9,13H,10H2,1-3H3,(H,25,29)(H,30,31). The number of carboxylic acid groups (broad SMARTS) is 1. The molecule has 2 heterocycles. The minimum Gasteiger partial charge on any atom is -0.480 e. The van der Waals surface area contributed by atoms with Crippen molar-refractivity contribution in [3.8, 4) is 5.75 Å². The molecule has 3 aromatic rings. The molecular weight excluding hydrogens is 431 g/mol. The third-order valence-electron chi connectivity index (χ3n) is 4.76. The summed E-state index contributed by atoms with van der Waals surface area (Å²) < 4.78 is 46.5. The quantitative estimate of drug-likeness (QED) is 0.567. The van der Waals surface area contributed by atoms with Gasteiger partial charge < -0.3 is 15.2 Å². The van der Waals surface area contributed by atoms with Crippen molar-refractivity contribution in [1.29, 1.82) is 0 Å². The molecule has 1 amide bonds. The van der Waals surface area contributed by atoms with Crippen molar-refractivity contribution in [1.82, 2.24) is 19.6 Å². The van der Waals surface area contributed by atoms with Crippen LogP contribution in [0.5, 0.6) is 5.75 Å². The number of rotatable bonds is 7. The Morgan fingerprint density at radius 3 is 2.62 bits per heavy atom. The SMILES string of the molecule is Cc1nn(COc2cccc(C(F)(F)F)c2)c(C)c1NC(=O)c1ccnn1C(C)C(=O)O. The summed E-state index contributed by atoms with van der Waals surface area (Å²) in [5.74, 6) is -1.71. The van der Waals surface area contributed by atoms with Gasteiger partial charge in [-0.05, 0) is 45.0 Å². The van der Waals surface area contributed by atoms with Gasteiger partial charge in [0.15, 0.2) is 6.73 Å². The zero-order chi connectivity index (χ0) is 23.6. The number of ether oxygens (including phenoxy) is 1. The van der Waals surface area contributed by atoms with Crippen molar-refractivity contribution in [2.45, 2.75) is 39.7 Å². The van der Waals surface area contributed by atoms with Gasteiger partial charge in [-0.3, -0.25) is 4.79 Å². The average Bonchev–Trinajstić information content (AvgIpc) is 3.32. The number of carboxylic acids is 1. The second-order valence-electron chi connectivity index (χ2n) is 6.97. The van der Waals surface area contributed by atoms with Crippen molar-refractivity contribution < 1.29 is 32.6 Å². The van der Waals surface area contributed by atoms with Crippen LogP contribution in [0.3, 0.4) is 0 Å². The first-order valence-electron chi connectivity index (χ1n) is 9.40. The number of benzene rings is 1. The highest BCUT2D eigenvalue weighted by atomic mass is 19.4. The summed E-state index contributed by atoms with van der Waals surface area (Å²) >= 11 is 0. The molecule has 1 aromatic carbocycles. The first-order chi connectivity index (χ1) is 15.0. The summed E-state index contributed by atoms with van der Waals surface area (Å²) in [7, 11) is 0. The van der Waals surface area contributed by atoms with Crippen LogP contribution in [0, 0.1) is 13.8 Å². The third-order valence-corrected chi connectivity index (χ3v) is 4.76. The van der Waals surface area contributed by atoms with Crippen molar-refractivity contribution >= 4 is 17.6 Å². The molecule has 0 saturated carbocycles. The molecule has 2 aromatic heterocycles. The van der Waals surface area contributed by atoms with E-state index in [1.54, 1.807) is 13.8 Å². The fourth-order valence-electron chi connectivity index (χ4n) is 2.99. The fraction of sp³-hybridized carbons (Fsp3) is 0.300. The van der Waals surface area contributed by atoms with Crippen molar-refractivity contribution in [2.75, 3.05) is 5.32 Å². The predicted octanol–water partition coefficient (Wildman–Crippen LogP) is 3.65. The van der Waals surface area contributed by atoms with Crippen LogP contribution in [0.25, 0.3) is 0 Å². The Morgan fingerprint density at radius 1 is 1.25 bits per heavy atom. The van der Waals surface area contributed by atoms with Crippen LogP contribution >= 0.6 is 0 Å². The second kappa shape index (κ2) is 8.73. The first-order valence-corrected chi connectivity index (χ1v) is 9.40. The Morgan fingerprint density at radius 2 is 1.97 bits per heavy atom. The molecule has 12 heteroatoms. The number of carbonyl (C=O) groups is 2. The summed E-state index contributed by atoms with van der Waals surface area (Å²) in [5.41, 5.74) is 0.537. The second-order valence-corrected chi connectivity index (χ2v) is 6.97. The van der Waals surface area contributed by atoms with Crippen LogP contribution in [-0.4, -0.2) is 36.5 Å². The van der Waals surface area contributed by atoms with E-state index in [1.807, 2.05) is 0 Å². The van der Waals surface area contributed by atoms with Gasteiger partial charge in [0.1, 0.15) is 17.5 Å². The summed E-state index contributed by atoms with van der Waals surface area (Å²) in [6.45, 7) is 4.51. The Balaban J connectivity index is 1.75. The minimum atomic E-state index is -4.49. The van der Waals surface area contributed by atoms with Gasteiger partial charge >= 0.3 is 12.1 Å². The molecule has 32 heavy (non-hydrogen) atoms. The van der Waals surface area contributed by atoms with Crippen LogP contribution in [0.2, 0.25) is 0 Å². The summed E-state index contributed by atoms with van der Waals surface area (Å²) in [6, 6.07) is 4.82. The van der Waals surface area contributed by atoms with E-state index >= 15 is 0 Å². The van der Waals surface area contributed by atoms with Gasteiger partial charge in [-0.2, -0.15) is 23.4 Å². The molecule has 170 valence electrons. The zero-order valence-electron chi connectivity index (χ0n) is 17.3. The highest BCUT2D eigenvalue weighted by Gasteiger charge is 2.30. The van der Waals surface area contributed by atoms with Crippen molar-refractivity contribution in [3.05, 3.63) is 59.2 Å². The topological polar surface area (TPSA) is 111 Å². The highest BCUT2D eigenvalue weighted by molar-refractivity contribution is 6.04. The van der Waals surface area contributed by atoms with Gasteiger partial charge in [0.2, 0.25) is 0 Å². The van der Waals surface area contributed by atoms with E-state index in [1.165, 1.54) is 36.0 Å². The molecular formula is C20H20F3N5O4. The first kappa shape index (κ1) is 22.8. The Labute approximate surface area is 180 Å². The van der Waals surface area contributed by atoms with E-state index < -0.39 is 29.7 Å². The Kier molecular flexibility index (Phi) is 6.23. The molecule has 0 aliphatic rings.